The normalized spacial score (nSPS) is 14.0. The van der Waals surface area contributed by atoms with Gasteiger partial charge in [0.25, 0.3) is 7.82 Å². The van der Waals surface area contributed by atoms with Crippen LogP contribution >= 0.6 is 7.82 Å². The average Bonchev–Trinajstić information content (AvgIpc) is 3.06. The van der Waals surface area contributed by atoms with Crippen LogP contribution in [0.4, 0.5) is 0 Å². The van der Waals surface area contributed by atoms with E-state index in [4.69, 9.17) is 18.5 Å². The maximum Gasteiger partial charge on any atom is 0.306 e. The van der Waals surface area contributed by atoms with Crippen molar-refractivity contribution in [1.82, 2.24) is 0 Å². The largest absolute Gasteiger partial charge is 0.756 e. The van der Waals surface area contributed by atoms with E-state index in [0.29, 0.717) is 17.4 Å². The van der Waals surface area contributed by atoms with Gasteiger partial charge in [-0.05, 0) is 44.9 Å². The highest BCUT2D eigenvalue weighted by Crippen LogP contribution is 2.38. The summed E-state index contributed by atoms with van der Waals surface area (Å²) < 4.78 is 33.7. The van der Waals surface area contributed by atoms with Crippen molar-refractivity contribution in [3.63, 3.8) is 0 Å². The third-order valence-electron chi connectivity index (χ3n) is 8.47. The molecule has 2 atom stereocenters. The van der Waals surface area contributed by atoms with Gasteiger partial charge < -0.3 is 27.9 Å². The van der Waals surface area contributed by atoms with E-state index in [1.165, 1.54) is 83.5 Å². The molecule has 0 rings (SSSR count). The molecule has 10 heteroatoms. The van der Waals surface area contributed by atoms with Gasteiger partial charge in [0.1, 0.15) is 19.8 Å². The van der Waals surface area contributed by atoms with Crippen LogP contribution in [0.25, 0.3) is 0 Å². The Bertz CT molecular complexity index is 918. The number of phosphoric acid groups is 1. The van der Waals surface area contributed by atoms with Crippen LogP contribution in [0.1, 0.15) is 168 Å². The van der Waals surface area contributed by atoms with Crippen molar-refractivity contribution in [1.29, 1.82) is 0 Å². The summed E-state index contributed by atoms with van der Waals surface area (Å²) >= 11 is 0. The van der Waals surface area contributed by atoms with Crippen LogP contribution < -0.4 is 4.89 Å². The third-order valence-corrected chi connectivity index (χ3v) is 9.44. The highest BCUT2D eigenvalue weighted by atomic mass is 31.2. The highest BCUT2D eigenvalue weighted by Gasteiger charge is 2.21. The van der Waals surface area contributed by atoms with Gasteiger partial charge in [-0.2, -0.15) is 0 Å². The molecule has 294 valence electrons. The maximum absolute atomic E-state index is 12.6. The van der Waals surface area contributed by atoms with Crippen LogP contribution in [0.2, 0.25) is 0 Å². The monoisotopic (exact) mass is 730 g/mol. The number of quaternary nitrogens is 1. The van der Waals surface area contributed by atoms with Crippen LogP contribution in [-0.4, -0.2) is 70.0 Å². The molecule has 2 unspecified atom stereocenters. The molecule has 0 saturated carbocycles. The van der Waals surface area contributed by atoms with Gasteiger partial charge >= 0.3 is 11.9 Å². The van der Waals surface area contributed by atoms with E-state index in [1.54, 1.807) is 0 Å². The number of hydrogen-bond donors (Lipinski definition) is 0. The lowest BCUT2D eigenvalue weighted by Crippen LogP contribution is -2.37. The molecule has 0 spiro atoms. The summed E-state index contributed by atoms with van der Waals surface area (Å²) in [6, 6.07) is 0. The van der Waals surface area contributed by atoms with Crippen LogP contribution in [0.15, 0.2) is 24.3 Å². The second-order valence-electron chi connectivity index (χ2n) is 14.7. The predicted molar refractivity (Wildman–Crippen MR) is 204 cm³/mol. The van der Waals surface area contributed by atoms with E-state index >= 15 is 0 Å². The Balaban J connectivity index is 4.38. The van der Waals surface area contributed by atoms with Gasteiger partial charge in [0.2, 0.25) is 0 Å². The first-order chi connectivity index (χ1) is 24.0. The fraction of sp³-hybridized carbons (Fsp3) is 0.850. The van der Waals surface area contributed by atoms with Crippen LogP contribution in [0.3, 0.4) is 0 Å². The minimum absolute atomic E-state index is 0.0311. The number of unbranched alkanes of at least 4 members (excludes halogenated alkanes) is 18. The zero-order valence-electron chi connectivity index (χ0n) is 32.8. The summed E-state index contributed by atoms with van der Waals surface area (Å²) in [4.78, 5) is 37.3. The fourth-order valence-electron chi connectivity index (χ4n) is 5.27. The summed E-state index contributed by atoms with van der Waals surface area (Å²) in [6.45, 7) is 4.16. The molecule has 0 bridgehead atoms. The molecule has 0 aliphatic heterocycles. The van der Waals surface area contributed by atoms with E-state index in [0.717, 1.165) is 51.4 Å². The number of allylic oxidation sites excluding steroid dienone is 4. The SMILES string of the molecule is CCCCC/C=C\C/C=C\CCCCCCCCCC(=O)OC(COC(=O)CCCCCCCCCCC)COP(=O)([O-])OCC[N+](C)(C)C. The molecule has 9 nitrogen and oxygen atoms in total. The lowest BCUT2D eigenvalue weighted by molar-refractivity contribution is -0.870. The van der Waals surface area contributed by atoms with E-state index < -0.39 is 26.5 Å². The van der Waals surface area contributed by atoms with Gasteiger partial charge in [0, 0.05) is 12.8 Å². The molecule has 0 aliphatic carbocycles. The molecule has 0 aliphatic rings. The predicted octanol–water partition coefficient (Wildman–Crippen LogP) is 10.2. The van der Waals surface area contributed by atoms with E-state index in [9.17, 15) is 19.0 Å². The second kappa shape index (κ2) is 33.3. The van der Waals surface area contributed by atoms with E-state index in [1.807, 2.05) is 21.1 Å². The van der Waals surface area contributed by atoms with Crippen LogP contribution in [0, 0.1) is 0 Å². The first kappa shape index (κ1) is 48.5. The van der Waals surface area contributed by atoms with Crippen LogP contribution in [-0.2, 0) is 32.7 Å². The molecule has 0 aromatic rings. The molecule has 0 fully saturated rings. The standard InChI is InChI=1S/C40H76NO8P/c1-6-8-10-12-14-16-17-18-19-20-21-22-23-25-27-29-31-33-40(43)49-38(37-48-50(44,45)47-35-34-41(3,4)5)36-46-39(42)32-30-28-26-24-15-13-11-9-7-2/h14,16,18-19,38H,6-13,15,17,20-37H2,1-5H3/b16-14-,19-18-. The van der Waals surface area contributed by atoms with E-state index in [2.05, 4.69) is 38.2 Å². The van der Waals surface area contributed by atoms with Gasteiger partial charge in [0.05, 0.1) is 27.7 Å². The summed E-state index contributed by atoms with van der Waals surface area (Å²) in [5.74, 6) is -0.845. The Labute approximate surface area is 307 Å². The lowest BCUT2D eigenvalue weighted by Gasteiger charge is -2.28. The molecule has 0 aromatic heterocycles. The number of nitrogens with zero attached hydrogens (tertiary/aromatic N) is 1. The summed E-state index contributed by atoms with van der Waals surface area (Å²) in [7, 11) is 1.16. The molecular formula is C40H76NO8P. The number of rotatable bonds is 36. The topological polar surface area (TPSA) is 111 Å². The Kier molecular flexibility index (Phi) is 32.3. The average molecular weight is 730 g/mol. The molecule has 0 saturated heterocycles. The third kappa shape index (κ3) is 36.3. The number of phosphoric ester groups is 1. The molecule has 0 aromatic carbocycles. The second-order valence-corrected chi connectivity index (χ2v) is 16.1. The Morgan fingerprint density at radius 3 is 1.62 bits per heavy atom. The Morgan fingerprint density at radius 1 is 0.620 bits per heavy atom. The number of ether oxygens (including phenoxy) is 2. The van der Waals surface area contributed by atoms with Crippen molar-refractivity contribution >= 4 is 19.8 Å². The van der Waals surface area contributed by atoms with Gasteiger partial charge in [-0.1, -0.05) is 134 Å². The fourth-order valence-corrected chi connectivity index (χ4v) is 6.00. The van der Waals surface area contributed by atoms with Gasteiger partial charge in [0.15, 0.2) is 6.10 Å². The van der Waals surface area contributed by atoms with Crippen LogP contribution in [0.5, 0.6) is 0 Å². The summed E-state index contributed by atoms with van der Waals surface area (Å²) in [5.41, 5.74) is 0. The minimum atomic E-state index is -4.62. The molecule has 50 heavy (non-hydrogen) atoms. The molecule has 0 N–H and O–H groups in total. The van der Waals surface area contributed by atoms with Crippen molar-refractivity contribution in [2.24, 2.45) is 0 Å². The van der Waals surface area contributed by atoms with Crippen molar-refractivity contribution in [3.8, 4) is 0 Å². The van der Waals surface area contributed by atoms with Gasteiger partial charge in [-0.15, -0.1) is 0 Å². The zero-order valence-corrected chi connectivity index (χ0v) is 33.7. The van der Waals surface area contributed by atoms with Crippen molar-refractivity contribution in [2.45, 2.75) is 174 Å². The summed E-state index contributed by atoms with van der Waals surface area (Å²) in [5, 5.41) is 0. The zero-order chi connectivity index (χ0) is 37.2. The first-order valence-corrected chi connectivity index (χ1v) is 21.5. The minimum Gasteiger partial charge on any atom is -0.756 e. The maximum atomic E-state index is 12.6. The number of hydrogen-bond acceptors (Lipinski definition) is 8. The first-order valence-electron chi connectivity index (χ1n) is 20.0. The number of carbonyl (C=O) groups excluding carboxylic acids is 2. The molecule has 0 amide bonds. The van der Waals surface area contributed by atoms with E-state index in [-0.39, 0.29) is 32.0 Å². The number of likely N-dealkylation sites (N-methyl/N-ethyl adjacent to an activating group) is 1. The number of esters is 2. The van der Waals surface area contributed by atoms with Gasteiger partial charge in [-0.3, -0.25) is 14.2 Å². The molecular weight excluding hydrogens is 653 g/mol. The smallest absolute Gasteiger partial charge is 0.306 e. The lowest BCUT2D eigenvalue weighted by atomic mass is 10.1. The Morgan fingerprint density at radius 2 is 1.08 bits per heavy atom. The van der Waals surface area contributed by atoms with Crippen molar-refractivity contribution in [3.05, 3.63) is 24.3 Å². The highest BCUT2D eigenvalue weighted by molar-refractivity contribution is 7.45. The molecule has 0 radical (unpaired) electrons. The molecule has 0 heterocycles. The van der Waals surface area contributed by atoms with Crippen molar-refractivity contribution < 1.29 is 42.1 Å². The van der Waals surface area contributed by atoms with Gasteiger partial charge in [-0.25, -0.2) is 0 Å². The Hall–Kier alpha value is -1.51. The quantitative estimate of drug-likeness (QED) is 0.0206. The van der Waals surface area contributed by atoms with Crippen molar-refractivity contribution in [2.75, 3.05) is 47.5 Å². The number of carbonyl (C=O) groups is 2. The summed E-state index contributed by atoms with van der Waals surface area (Å²) in [6.07, 6.45) is 33.5.